The predicted molar refractivity (Wildman–Crippen MR) is 198 cm³/mol. The molecule has 1 saturated heterocycles. The van der Waals surface area contributed by atoms with Gasteiger partial charge in [-0.05, 0) is 66.3 Å². The Morgan fingerprint density at radius 1 is 0.922 bits per heavy atom. The fourth-order valence-electron chi connectivity index (χ4n) is 6.52. The summed E-state index contributed by atoms with van der Waals surface area (Å²) in [5.41, 5.74) is 3.52. The normalized spacial score (nSPS) is 17.4. The van der Waals surface area contributed by atoms with Gasteiger partial charge in [-0.1, -0.05) is 60.5 Å². The van der Waals surface area contributed by atoms with Gasteiger partial charge in [-0.25, -0.2) is 9.97 Å². The van der Waals surface area contributed by atoms with Crippen LogP contribution in [0.2, 0.25) is 0 Å². The smallest absolute Gasteiger partial charge is 0.145 e. The van der Waals surface area contributed by atoms with E-state index in [9.17, 15) is 5.11 Å². The first-order chi connectivity index (χ1) is 24.9. The molecule has 1 N–H and O–H groups in total. The minimum atomic E-state index is -1.02. The molecule has 0 amide bonds. The monoisotopic (exact) mass is 687 g/mol. The largest absolute Gasteiger partial charge is 0.497 e. The van der Waals surface area contributed by atoms with Gasteiger partial charge in [-0.15, -0.1) is 0 Å². The first-order valence-electron chi connectivity index (χ1n) is 17.2. The van der Waals surface area contributed by atoms with Gasteiger partial charge in [0.15, 0.2) is 0 Å². The summed E-state index contributed by atoms with van der Waals surface area (Å²) in [4.78, 5) is 15.1. The van der Waals surface area contributed by atoms with Crippen molar-refractivity contribution in [2.45, 2.75) is 56.1 Å². The SMILES string of the molecule is COc1ccc(C(OC[C@H]2O[C@H](n3ccc4c(CCCCC#CN=CN(C)C)ncnc43)C[C@@H]2O)(c2ccccc2)c2ccc(OC)cc2)cc1. The molecule has 1 aliphatic heterocycles. The second-order valence-electron chi connectivity index (χ2n) is 12.7. The van der Waals surface area contributed by atoms with Crippen LogP contribution in [0, 0.1) is 12.0 Å². The lowest BCUT2D eigenvalue weighted by molar-refractivity contribution is -0.0930. The van der Waals surface area contributed by atoms with Crippen molar-refractivity contribution >= 4 is 17.4 Å². The molecule has 3 heterocycles. The van der Waals surface area contributed by atoms with E-state index in [2.05, 4.69) is 39.1 Å². The van der Waals surface area contributed by atoms with E-state index in [1.165, 1.54) is 0 Å². The summed E-state index contributed by atoms with van der Waals surface area (Å²) >= 11 is 0. The van der Waals surface area contributed by atoms with E-state index in [-0.39, 0.29) is 6.61 Å². The van der Waals surface area contributed by atoms with E-state index in [0.717, 1.165) is 70.6 Å². The molecule has 2 aromatic heterocycles. The molecule has 1 fully saturated rings. The third-order valence-corrected chi connectivity index (χ3v) is 9.14. The van der Waals surface area contributed by atoms with Crippen LogP contribution >= 0.6 is 0 Å². The van der Waals surface area contributed by atoms with Gasteiger partial charge >= 0.3 is 0 Å². The Hall–Kier alpha value is -5.21. The third-order valence-electron chi connectivity index (χ3n) is 9.14. The molecule has 10 heteroatoms. The van der Waals surface area contributed by atoms with Crippen molar-refractivity contribution in [3.8, 4) is 23.5 Å². The van der Waals surface area contributed by atoms with Gasteiger partial charge in [-0.2, -0.15) is 4.99 Å². The highest BCUT2D eigenvalue weighted by Gasteiger charge is 2.42. The second kappa shape index (κ2) is 16.7. The number of nitrogens with zero attached hydrogens (tertiary/aromatic N) is 5. The number of fused-ring (bicyclic) bond motifs is 1. The van der Waals surface area contributed by atoms with Crippen LogP contribution in [0.1, 0.15) is 54.3 Å². The summed E-state index contributed by atoms with van der Waals surface area (Å²) in [6.07, 6.45) is 7.41. The van der Waals surface area contributed by atoms with Crippen molar-refractivity contribution in [1.82, 2.24) is 19.4 Å². The first-order valence-corrected chi connectivity index (χ1v) is 17.2. The number of aliphatic hydroxyl groups is 1. The van der Waals surface area contributed by atoms with E-state index in [0.29, 0.717) is 6.42 Å². The lowest BCUT2D eigenvalue weighted by Gasteiger charge is -2.37. The number of hydrogen-bond donors (Lipinski definition) is 1. The van der Waals surface area contributed by atoms with E-state index < -0.39 is 24.0 Å². The molecule has 264 valence electrons. The zero-order chi connectivity index (χ0) is 35.6. The van der Waals surface area contributed by atoms with Crippen LogP contribution in [0.15, 0.2) is 102 Å². The van der Waals surface area contributed by atoms with Crippen molar-refractivity contribution in [3.63, 3.8) is 0 Å². The van der Waals surface area contributed by atoms with Crippen molar-refractivity contribution in [2.24, 2.45) is 4.99 Å². The summed E-state index contributed by atoms with van der Waals surface area (Å²) < 4.78 is 26.5. The maximum atomic E-state index is 11.4. The highest BCUT2D eigenvalue weighted by Crippen LogP contribution is 2.43. The van der Waals surface area contributed by atoms with Crippen LogP contribution in [0.3, 0.4) is 0 Å². The molecule has 0 saturated carbocycles. The number of aliphatic imine (C=N–C) groups is 1. The van der Waals surface area contributed by atoms with E-state index in [1.54, 1.807) is 26.9 Å². The molecule has 51 heavy (non-hydrogen) atoms. The highest BCUT2D eigenvalue weighted by atomic mass is 16.6. The van der Waals surface area contributed by atoms with Crippen molar-refractivity contribution in [1.29, 1.82) is 0 Å². The molecule has 3 atom stereocenters. The molecule has 1 aliphatic rings. The maximum absolute atomic E-state index is 11.4. The summed E-state index contributed by atoms with van der Waals surface area (Å²) in [6, 6.07) is 30.8. The Kier molecular flexibility index (Phi) is 11.6. The standard InChI is InChI=1S/C41H45N5O5/c1-45(2)29-42-24-11-6-5-10-14-36-35-23-25-46(40(35)44-28-43-36)39-26-37(47)38(51-39)27-50-41(30-12-8-7-9-13-30,31-15-19-33(48-3)20-16-31)32-17-21-34(49-4)22-18-32/h7-9,12-13,15-23,25,28-29,37-39,47H,5-6,10,14,26-27H2,1-4H3/t37-,38+,39-/m0/s1. The number of rotatable bonds is 14. The van der Waals surface area contributed by atoms with Crippen LogP contribution < -0.4 is 9.47 Å². The first kappa shape index (κ1) is 35.6. The molecule has 10 nitrogen and oxygen atoms in total. The molecule has 0 unspecified atom stereocenters. The topological polar surface area (TPSA) is 103 Å². The molecule has 0 aliphatic carbocycles. The van der Waals surface area contributed by atoms with Crippen LogP contribution in [-0.2, 0) is 21.5 Å². The fourth-order valence-corrected chi connectivity index (χ4v) is 6.52. The van der Waals surface area contributed by atoms with Gasteiger partial charge in [0.25, 0.3) is 0 Å². The van der Waals surface area contributed by atoms with Gasteiger partial charge in [0.2, 0.25) is 0 Å². The van der Waals surface area contributed by atoms with Crippen molar-refractivity contribution in [2.75, 3.05) is 34.9 Å². The van der Waals surface area contributed by atoms with Gasteiger partial charge in [0, 0.05) is 44.6 Å². The minimum absolute atomic E-state index is 0.132. The van der Waals surface area contributed by atoms with Gasteiger partial charge in [0.05, 0.1) is 32.6 Å². The Balaban J connectivity index is 1.21. The summed E-state index contributed by atoms with van der Waals surface area (Å²) in [6.45, 7) is 0.132. The molecule has 0 spiro atoms. The quantitative estimate of drug-likeness (QED) is 0.0473. The average molecular weight is 688 g/mol. The van der Waals surface area contributed by atoms with E-state index in [4.69, 9.17) is 18.9 Å². The number of aromatic nitrogens is 3. The lowest BCUT2D eigenvalue weighted by atomic mass is 9.80. The number of benzene rings is 3. The summed E-state index contributed by atoms with van der Waals surface area (Å²) in [7, 11) is 7.14. The predicted octanol–water partition coefficient (Wildman–Crippen LogP) is 6.37. The molecule has 6 rings (SSSR count). The number of methoxy groups -OCH3 is 2. The third kappa shape index (κ3) is 8.07. The van der Waals surface area contributed by atoms with Crippen molar-refractivity contribution < 1.29 is 24.1 Å². The number of unbranched alkanes of at least 4 members (excludes halogenated alkanes) is 2. The zero-order valence-electron chi connectivity index (χ0n) is 29.6. The number of aliphatic hydroxyl groups excluding tert-OH is 1. The van der Waals surface area contributed by atoms with Gasteiger partial charge in [0.1, 0.15) is 47.7 Å². The Labute approximate surface area is 299 Å². The molecule has 3 aromatic carbocycles. The Morgan fingerprint density at radius 2 is 1.59 bits per heavy atom. The van der Waals surface area contributed by atoms with E-state index in [1.807, 2.05) is 103 Å². The maximum Gasteiger partial charge on any atom is 0.145 e. The molecule has 0 radical (unpaired) electrons. The number of aryl methyl sites for hydroxylation is 1. The van der Waals surface area contributed by atoms with E-state index >= 15 is 0 Å². The van der Waals surface area contributed by atoms with Crippen LogP contribution in [0.25, 0.3) is 11.0 Å². The molecular formula is C41H45N5O5. The highest BCUT2D eigenvalue weighted by molar-refractivity contribution is 5.78. The number of hydrogen-bond acceptors (Lipinski definition) is 8. The Morgan fingerprint density at radius 3 is 2.24 bits per heavy atom. The van der Waals surface area contributed by atoms with Crippen LogP contribution in [0.5, 0.6) is 11.5 Å². The Bertz CT molecular complexity index is 1900. The van der Waals surface area contributed by atoms with Crippen LogP contribution in [-0.4, -0.2) is 78.0 Å². The summed E-state index contributed by atoms with van der Waals surface area (Å²) in [5, 5.41) is 12.4. The fraction of sp³-hybridized carbons (Fsp3) is 0.341. The lowest BCUT2D eigenvalue weighted by Crippen LogP contribution is -2.38. The van der Waals surface area contributed by atoms with Crippen molar-refractivity contribution in [3.05, 3.63) is 120 Å². The van der Waals surface area contributed by atoms with Gasteiger partial charge in [-0.3, -0.25) is 0 Å². The second-order valence-corrected chi connectivity index (χ2v) is 12.7. The number of ether oxygens (including phenoxy) is 4. The molecule has 0 bridgehead atoms. The van der Waals surface area contributed by atoms with Gasteiger partial charge < -0.3 is 33.5 Å². The molecule has 5 aromatic rings. The zero-order valence-corrected chi connectivity index (χ0v) is 29.6. The van der Waals surface area contributed by atoms with Crippen LogP contribution in [0.4, 0.5) is 0 Å². The molecular weight excluding hydrogens is 642 g/mol. The minimum Gasteiger partial charge on any atom is -0.497 e. The average Bonchev–Trinajstić information content (AvgIpc) is 3.77. The summed E-state index contributed by atoms with van der Waals surface area (Å²) in [5.74, 6) is 4.59.